The number of hydrogen-bond donors (Lipinski definition) is 2. The van der Waals surface area contributed by atoms with E-state index in [-0.39, 0.29) is 68.3 Å². The van der Waals surface area contributed by atoms with Crippen molar-refractivity contribution < 1.29 is 53.8 Å². The number of morpholine rings is 1. The Morgan fingerprint density at radius 2 is 1.95 bits per heavy atom. The fourth-order valence-corrected chi connectivity index (χ4v) is 4.32. The molecule has 0 spiro atoms. The molecule has 8 nitrogen and oxygen atoms in total. The van der Waals surface area contributed by atoms with Gasteiger partial charge in [-0.3, -0.25) is 4.79 Å². The van der Waals surface area contributed by atoms with E-state index in [0.29, 0.717) is 32.1 Å². The van der Waals surface area contributed by atoms with E-state index in [2.05, 4.69) is 45.4 Å². The van der Waals surface area contributed by atoms with Crippen molar-refractivity contribution in [2.45, 2.75) is 37.8 Å². The molecule has 2 aliphatic rings. The molecule has 1 aromatic heterocycles. The fourth-order valence-electron chi connectivity index (χ4n) is 4.32. The third-order valence-electron chi connectivity index (χ3n) is 6.50. The van der Waals surface area contributed by atoms with Gasteiger partial charge in [0.1, 0.15) is 11.4 Å². The Morgan fingerprint density at radius 1 is 1.21 bits per heavy atom. The molecule has 1 amide bonds. The van der Waals surface area contributed by atoms with Crippen LogP contribution in [0.5, 0.6) is 0 Å². The second kappa shape index (κ2) is 13.9. The van der Waals surface area contributed by atoms with Crippen molar-refractivity contribution >= 4 is 29.0 Å². The Morgan fingerprint density at radius 3 is 2.58 bits per heavy atom. The van der Waals surface area contributed by atoms with E-state index < -0.39 is 11.7 Å². The molecule has 4 rings (SSSR count). The van der Waals surface area contributed by atoms with Crippen molar-refractivity contribution in [3.05, 3.63) is 49.4 Å². The average Bonchev–Trinajstić information content (AvgIpc) is 3.74. The van der Waals surface area contributed by atoms with E-state index in [1.165, 1.54) is 4.90 Å². The Balaban J connectivity index is 0.00000400. The Kier molecular flexibility index (Phi) is 11.1. The smallest absolute Gasteiger partial charge is 0.378 e. The van der Waals surface area contributed by atoms with Gasteiger partial charge in [0.25, 0.3) is 0 Å². The molecular weight excluding hydrogens is 723 g/mol. The standard InChI is InChI=1S/C26H33F3N6O2.U/c1-3-23(36)34(4-2)11-5-10-30-24-21(26(27,28)29)17-31-25(33-24)32-22-9-8-19(16-20(22)18-6-7-18)35-12-14-37-15-13-35;/h8-9,16-18H,1-7,10-15H2,(H2,30,31,32,33);/q-2;+2. The summed E-state index contributed by atoms with van der Waals surface area (Å²) >= 11 is 0. The topological polar surface area (TPSA) is 82.6 Å². The van der Waals surface area contributed by atoms with Crippen molar-refractivity contribution in [2.75, 3.05) is 61.5 Å². The minimum Gasteiger partial charge on any atom is -0.378 e. The van der Waals surface area contributed by atoms with E-state index in [4.69, 9.17) is 4.74 Å². The zero-order valence-corrected chi connectivity index (χ0v) is 25.5. The normalized spacial score (nSPS) is 15.6. The van der Waals surface area contributed by atoms with Gasteiger partial charge in [0.05, 0.1) is 13.2 Å². The van der Waals surface area contributed by atoms with Crippen LogP contribution in [0, 0.1) is 45.0 Å². The molecule has 0 bridgehead atoms. The van der Waals surface area contributed by atoms with Crippen molar-refractivity contribution in [2.24, 2.45) is 0 Å². The van der Waals surface area contributed by atoms with Gasteiger partial charge in [0.15, 0.2) is 5.91 Å². The molecule has 2 N–H and O–H groups in total. The zero-order chi connectivity index (χ0) is 26.4. The summed E-state index contributed by atoms with van der Waals surface area (Å²) in [5, 5.41) is 5.92. The largest absolute Gasteiger partial charge is 2.00 e. The summed E-state index contributed by atoms with van der Waals surface area (Å²) in [7, 11) is 0. The van der Waals surface area contributed by atoms with Gasteiger partial charge in [0.2, 0.25) is 5.95 Å². The minimum atomic E-state index is -4.61. The Labute approximate surface area is 245 Å². The number of amides is 1. The SMILES string of the molecule is [CH2-]CC(=O)N(C[CH2-])CCCNc1nc(Nc2ccc(N3CCOCC3)cc2C2CC2)ncc1C(F)(F)F.[U+2]. The second-order valence-corrected chi connectivity index (χ2v) is 9.14. The van der Waals surface area contributed by atoms with Gasteiger partial charge in [0, 0.05) is 43.8 Å². The molecule has 1 aliphatic carbocycles. The predicted octanol–water partition coefficient (Wildman–Crippen LogP) is 4.64. The summed E-state index contributed by atoms with van der Waals surface area (Å²) in [5.41, 5.74) is 2.08. The first kappa shape index (κ1) is 30.5. The molecule has 2 fully saturated rings. The van der Waals surface area contributed by atoms with Crippen molar-refractivity contribution in [3.8, 4) is 0 Å². The van der Waals surface area contributed by atoms with Crippen LogP contribution in [0.1, 0.15) is 42.7 Å². The third kappa shape index (κ3) is 7.99. The van der Waals surface area contributed by atoms with Crippen LogP contribution in [-0.2, 0) is 15.7 Å². The number of alkyl halides is 3. The number of anilines is 4. The summed E-state index contributed by atoms with van der Waals surface area (Å²) in [5.74, 6) is 0.0499. The predicted molar refractivity (Wildman–Crippen MR) is 137 cm³/mol. The van der Waals surface area contributed by atoms with E-state index in [1.807, 2.05) is 12.1 Å². The van der Waals surface area contributed by atoms with Gasteiger partial charge in [-0.15, -0.1) is 13.0 Å². The monoisotopic (exact) mass is 756 g/mol. The number of carbonyl (C=O) groups excluding carboxylic acids is 1. The van der Waals surface area contributed by atoms with Crippen LogP contribution in [0.25, 0.3) is 0 Å². The zero-order valence-electron chi connectivity index (χ0n) is 21.3. The average molecular weight is 757 g/mol. The number of benzene rings is 1. The number of carbonyl (C=O) groups is 1. The summed E-state index contributed by atoms with van der Waals surface area (Å²) in [6, 6.07) is 6.10. The van der Waals surface area contributed by atoms with Crippen LogP contribution in [-0.4, -0.2) is 66.7 Å². The second-order valence-electron chi connectivity index (χ2n) is 9.14. The molecule has 38 heavy (non-hydrogen) atoms. The molecule has 1 saturated heterocycles. The van der Waals surface area contributed by atoms with Gasteiger partial charge < -0.3 is 39.0 Å². The van der Waals surface area contributed by atoms with E-state index in [0.717, 1.165) is 49.1 Å². The molecule has 1 aromatic carbocycles. The molecule has 0 unspecified atom stereocenters. The third-order valence-corrected chi connectivity index (χ3v) is 6.50. The first-order valence-corrected chi connectivity index (χ1v) is 12.6. The van der Waals surface area contributed by atoms with Crippen LogP contribution in [0.4, 0.5) is 36.3 Å². The quantitative estimate of drug-likeness (QED) is 0.256. The number of halogens is 3. The molecule has 2 aromatic rings. The van der Waals surface area contributed by atoms with Gasteiger partial charge in [-0.25, -0.2) is 4.98 Å². The molecule has 204 valence electrons. The maximum Gasteiger partial charge on any atom is 2.00 e. The summed E-state index contributed by atoms with van der Waals surface area (Å²) in [6.45, 7) is 11.1. The fraction of sp³-hybridized carbons (Fsp3) is 0.500. The first-order chi connectivity index (χ1) is 17.8. The van der Waals surface area contributed by atoms with Crippen LogP contribution in [0.15, 0.2) is 24.4 Å². The number of aromatic nitrogens is 2. The van der Waals surface area contributed by atoms with Crippen molar-refractivity contribution in [3.63, 3.8) is 0 Å². The summed E-state index contributed by atoms with van der Waals surface area (Å²) in [6.07, 6.45) is -1.13. The molecule has 12 heteroatoms. The molecule has 0 radical (unpaired) electrons. The first-order valence-electron chi connectivity index (χ1n) is 12.6. The molecule has 2 heterocycles. The van der Waals surface area contributed by atoms with Gasteiger partial charge in [-0.1, -0.05) is 0 Å². The maximum absolute atomic E-state index is 13.6. The molecule has 1 aliphatic heterocycles. The van der Waals surface area contributed by atoms with E-state index >= 15 is 0 Å². The van der Waals surface area contributed by atoms with Gasteiger partial charge in [-0.2, -0.15) is 18.2 Å². The van der Waals surface area contributed by atoms with Crippen molar-refractivity contribution in [1.29, 1.82) is 0 Å². The Bertz CT molecular complexity index is 1080. The van der Waals surface area contributed by atoms with Gasteiger partial charge in [-0.05, 0) is 48.9 Å². The minimum absolute atomic E-state index is 0. The van der Waals surface area contributed by atoms with E-state index in [9.17, 15) is 18.0 Å². The van der Waals surface area contributed by atoms with E-state index in [1.54, 1.807) is 0 Å². The Hall–Kier alpha value is -2.03. The number of ether oxygens (including phenoxy) is 1. The summed E-state index contributed by atoms with van der Waals surface area (Å²) < 4.78 is 46.3. The summed E-state index contributed by atoms with van der Waals surface area (Å²) in [4.78, 5) is 23.7. The van der Waals surface area contributed by atoms with Crippen LogP contribution in [0.3, 0.4) is 0 Å². The molecule has 0 atom stereocenters. The van der Waals surface area contributed by atoms with Gasteiger partial charge >= 0.3 is 37.3 Å². The van der Waals surface area contributed by atoms with Crippen molar-refractivity contribution in [1.82, 2.24) is 14.9 Å². The molecule has 1 saturated carbocycles. The number of nitrogens with one attached hydrogen (secondary N) is 2. The number of nitrogens with zero attached hydrogens (tertiary/aromatic N) is 4. The van der Waals surface area contributed by atoms with Crippen LogP contribution < -0.4 is 15.5 Å². The van der Waals surface area contributed by atoms with Crippen LogP contribution >= 0.6 is 0 Å². The molecular formula is C26H33F3N6O2U. The maximum atomic E-state index is 13.6. The van der Waals surface area contributed by atoms with Crippen LogP contribution in [0.2, 0.25) is 0 Å². The number of rotatable bonds is 11. The number of hydrogen-bond acceptors (Lipinski definition) is 7.